The van der Waals surface area contributed by atoms with Crippen LogP contribution < -0.4 is 0 Å². The van der Waals surface area contributed by atoms with Crippen molar-refractivity contribution in [1.29, 1.82) is 0 Å². The van der Waals surface area contributed by atoms with Crippen LogP contribution in [0.25, 0.3) is 0 Å². The van der Waals surface area contributed by atoms with Gasteiger partial charge in [0.05, 0.1) is 6.04 Å². The van der Waals surface area contributed by atoms with Gasteiger partial charge >= 0.3 is 6.09 Å². The summed E-state index contributed by atoms with van der Waals surface area (Å²) in [4.78, 5) is 22.3. The molecule has 4 nitrogen and oxygen atoms in total. The standard InChI is InChI=1S/C6H9NO3/c1-4-5(8)2-3-7(4)6(9)10/h4H,2-3H2,1H3,(H,9,10). The molecule has 0 bridgehead atoms. The van der Waals surface area contributed by atoms with Gasteiger partial charge < -0.3 is 5.11 Å². The number of amides is 1. The van der Waals surface area contributed by atoms with Crippen LogP contribution in [-0.4, -0.2) is 34.5 Å². The lowest BCUT2D eigenvalue weighted by Crippen LogP contribution is -2.34. The van der Waals surface area contributed by atoms with E-state index in [0.717, 1.165) is 4.90 Å². The maximum atomic E-state index is 10.8. The zero-order valence-electron chi connectivity index (χ0n) is 5.70. The number of hydrogen-bond donors (Lipinski definition) is 1. The van der Waals surface area contributed by atoms with Crippen LogP contribution in [0.15, 0.2) is 0 Å². The number of rotatable bonds is 0. The molecule has 0 aliphatic carbocycles. The Hall–Kier alpha value is -1.06. The summed E-state index contributed by atoms with van der Waals surface area (Å²) in [6.45, 7) is 1.97. The molecule has 56 valence electrons. The number of carbonyl (C=O) groups is 2. The van der Waals surface area contributed by atoms with Crippen molar-refractivity contribution in [2.45, 2.75) is 19.4 Å². The number of ketones is 1. The van der Waals surface area contributed by atoms with Crippen molar-refractivity contribution in [1.82, 2.24) is 4.90 Å². The minimum atomic E-state index is -1.00. The van der Waals surface area contributed by atoms with Crippen molar-refractivity contribution in [3.8, 4) is 0 Å². The first kappa shape index (κ1) is 7.05. The molecule has 1 atom stereocenters. The Morgan fingerprint density at radius 3 is 2.60 bits per heavy atom. The van der Waals surface area contributed by atoms with Gasteiger partial charge in [0, 0.05) is 13.0 Å². The maximum Gasteiger partial charge on any atom is 0.407 e. The molecule has 10 heavy (non-hydrogen) atoms. The molecule has 0 spiro atoms. The van der Waals surface area contributed by atoms with Crippen LogP contribution in [0.4, 0.5) is 4.79 Å². The third-order valence-corrected chi connectivity index (χ3v) is 1.78. The lowest BCUT2D eigenvalue weighted by atomic mass is 10.2. The minimum Gasteiger partial charge on any atom is -0.465 e. The van der Waals surface area contributed by atoms with Crippen molar-refractivity contribution in [3.63, 3.8) is 0 Å². The molecule has 0 aromatic carbocycles. The van der Waals surface area contributed by atoms with Crippen LogP contribution in [0.1, 0.15) is 13.3 Å². The van der Waals surface area contributed by atoms with Gasteiger partial charge in [0.15, 0.2) is 5.78 Å². The molecular formula is C6H9NO3. The Kier molecular flexibility index (Phi) is 1.61. The van der Waals surface area contributed by atoms with Crippen molar-refractivity contribution >= 4 is 11.9 Å². The molecule has 1 fully saturated rings. The Morgan fingerprint density at radius 2 is 2.40 bits per heavy atom. The number of nitrogens with zero attached hydrogens (tertiary/aromatic N) is 1. The van der Waals surface area contributed by atoms with Gasteiger partial charge in [-0.25, -0.2) is 4.79 Å². The molecule has 1 rings (SSSR count). The molecule has 0 aromatic rings. The molecular weight excluding hydrogens is 134 g/mol. The highest BCUT2D eigenvalue weighted by atomic mass is 16.4. The predicted octanol–water partition coefficient (Wildman–Crippen LogP) is 0.328. The first-order chi connectivity index (χ1) is 4.63. The second-order valence-electron chi connectivity index (χ2n) is 2.37. The first-order valence-corrected chi connectivity index (χ1v) is 3.15. The number of carbonyl (C=O) groups excluding carboxylic acids is 1. The van der Waals surface area contributed by atoms with Crippen LogP contribution in [0, 0.1) is 0 Å². The van der Waals surface area contributed by atoms with E-state index in [4.69, 9.17) is 5.11 Å². The van der Waals surface area contributed by atoms with E-state index in [2.05, 4.69) is 0 Å². The average molecular weight is 143 g/mol. The summed E-state index contributed by atoms with van der Waals surface area (Å²) in [6.07, 6.45) is -0.633. The molecule has 0 aromatic heterocycles. The molecule has 1 unspecified atom stereocenters. The lowest BCUT2D eigenvalue weighted by molar-refractivity contribution is -0.119. The second kappa shape index (κ2) is 2.28. The monoisotopic (exact) mass is 143 g/mol. The quantitative estimate of drug-likeness (QED) is 0.531. The smallest absolute Gasteiger partial charge is 0.407 e. The SMILES string of the molecule is CC1C(=O)CCN1C(=O)O. The second-order valence-corrected chi connectivity index (χ2v) is 2.37. The van der Waals surface area contributed by atoms with E-state index in [0.29, 0.717) is 13.0 Å². The fourth-order valence-corrected chi connectivity index (χ4v) is 1.07. The summed E-state index contributed by atoms with van der Waals surface area (Å²) in [5.41, 5.74) is 0. The highest BCUT2D eigenvalue weighted by molar-refractivity contribution is 5.89. The number of hydrogen-bond acceptors (Lipinski definition) is 2. The number of Topliss-reactive ketones (excluding diaryl/α,β-unsaturated/α-hetero) is 1. The molecule has 0 radical (unpaired) electrons. The minimum absolute atomic E-state index is 0.0161. The van der Waals surface area contributed by atoms with Gasteiger partial charge in [-0.2, -0.15) is 0 Å². The Balaban J connectivity index is 2.66. The third-order valence-electron chi connectivity index (χ3n) is 1.78. The van der Waals surface area contributed by atoms with Crippen LogP contribution in [0.2, 0.25) is 0 Å². The molecule has 0 saturated carbocycles. The third kappa shape index (κ3) is 0.964. The Bertz CT molecular complexity index is 178. The predicted molar refractivity (Wildman–Crippen MR) is 33.8 cm³/mol. The van der Waals surface area contributed by atoms with Crippen LogP contribution in [-0.2, 0) is 4.79 Å². The summed E-state index contributed by atoms with van der Waals surface area (Å²) in [5, 5.41) is 8.48. The van der Waals surface area contributed by atoms with E-state index >= 15 is 0 Å². The zero-order valence-corrected chi connectivity index (χ0v) is 5.70. The molecule has 1 aliphatic rings. The molecule has 1 aliphatic heterocycles. The van der Waals surface area contributed by atoms with Gasteiger partial charge in [-0.3, -0.25) is 9.69 Å². The van der Waals surface area contributed by atoms with Gasteiger partial charge in [0.25, 0.3) is 0 Å². The zero-order chi connectivity index (χ0) is 7.72. The fourth-order valence-electron chi connectivity index (χ4n) is 1.07. The summed E-state index contributed by atoms with van der Waals surface area (Å²) >= 11 is 0. The van der Waals surface area contributed by atoms with E-state index in [1.54, 1.807) is 6.92 Å². The van der Waals surface area contributed by atoms with Crippen molar-refractivity contribution in [2.75, 3.05) is 6.54 Å². The maximum absolute atomic E-state index is 10.8. The molecule has 1 saturated heterocycles. The first-order valence-electron chi connectivity index (χ1n) is 3.15. The van der Waals surface area contributed by atoms with Gasteiger partial charge in [-0.1, -0.05) is 0 Å². The van der Waals surface area contributed by atoms with Gasteiger partial charge in [0.1, 0.15) is 0 Å². The van der Waals surface area contributed by atoms with E-state index < -0.39 is 12.1 Å². The van der Waals surface area contributed by atoms with E-state index in [1.165, 1.54) is 0 Å². The van der Waals surface area contributed by atoms with E-state index in [-0.39, 0.29) is 5.78 Å². The van der Waals surface area contributed by atoms with Crippen LogP contribution >= 0.6 is 0 Å². The number of likely N-dealkylation sites (tertiary alicyclic amines) is 1. The normalized spacial score (nSPS) is 25.5. The summed E-state index contributed by atoms with van der Waals surface area (Å²) in [5.74, 6) is 0.0161. The lowest BCUT2D eigenvalue weighted by Gasteiger charge is -2.14. The van der Waals surface area contributed by atoms with E-state index in [1.807, 2.05) is 0 Å². The topological polar surface area (TPSA) is 57.6 Å². The average Bonchev–Trinajstić information content (AvgIpc) is 2.14. The van der Waals surface area contributed by atoms with Crippen molar-refractivity contribution < 1.29 is 14.7 Å². The molecule has 1 heterocycles. The highest BCUT2D eigenvalue weighted by Gasteiger charge is 2.31. The number of carboxylic acid groups (broad SMARTS) is 1. The summed E-state index contributed by atoms with van der Waals surface area (Å²) < 4.78 is 0. The Morgan fingerprint density at radius 1 is 1.80 bits per heavy atom. The van der Waals surface area contributed by atoms with Crippen LogP contribution in [0.3, 0.4) is 0 Å². The largest absolute Gasteiger partial charge is 0.465 e. The highest BCUT2D eigenvalue weighted by Crippen LogP contribution is 2.12. The fraction of sp³-hybridized carbons (Fsp3) is 0.667. The van der Waals surface area contributed by atoms with Crippen molar-refractivity contribution in [2.24, 2.45) is 0 Å². The van der Waals surface area contributed by atoms with Crippen molar-refractivity contribution in [3.05, 3.63) is 0 Å². The van der Waals surface area contributed by atoms with Crippen LogP contribution in [0.5, 0.6) is 0 Å². The Labute approximate surface area is 58.4 Å². The van der Waals surface area contributed by atoms with Gasteiger partial charge in [-0.15, -0.1) is 0 Å². The molecule has 4 heteroatoms. The van der Waals surface area contributed by atoms with E-state index in [9.17, 15) is 9.59 Å². The van der Waals surface area contributed by atoms with Gasteiger partial charge in [-0.05, 0) is 6.92 Å². The summed E-state index contributed by atoms with van der Waals surface area (Å²) in [7, 11) is 0. The molecule has 1 N–H and O–H groups in total. The summed E-state index contributed by atoms with van der Waals surface area (Å²) in [6, 6.07) is -0.433. The molecule has 1 amide bonds. The van der Waals surface area contributed by atoms with Gasteiger partial charge in [0.2, 0.25) is 0 Å².